The Morgan fingerprint density at radius 1 is 1.27 bits per heavy atom. The number of thiophene rings is 1. The number of carbonyl (C=O) groups excluding carboxylic acids is 1. The van der Waals surface area contributed by atoms with Crippen molar-refractivity contribution >= 4 is 39.3 Å². The Morgan fingerprint density at radius 2 is 2.08 bits per heavy atom. The van der Waals surface area contributed by atoms with E-state index in [1.54, 1.807) is 4.57 Å². The molecule has 1 aromatic carbocycles. The summed E-state index contributed by atoms with van der Waals surface area (Å²) >= 11 is 2.83. The number of hydrogen-bond donors (Lipinski definition) is 0. The number of ether oxygens (including phenoxy) is 1. The van der Waals surface area contributed by atoms with Crippen molar-refractivity contribution in [3.05, 3.63) is 50.6 Å². The fraction of sp³-hybridized carbons (Fsp3) is 0.316. The van der Waals surface area contributed by atoms with Crippen LogP contribution in [0.3, 0.4) is 0 Å². The van der Waals surface area contributed by atoms with E-state index in [0.717, 1.165) is 26.5 Å². The van der Waals surface area contributed by atoms with E-state index in [9.17, 15) is 9.59 Å². The van der Waals surface area contributed by atoms with Gasteiger partial charge in [-0.15, -0.1) is 11.3 Å². The lowest BCUT2D eigenvalue weighted by Crippen LogP contribution is -2.23. The summed E-state index contributed by atoms with van der Waals surface area (Å²) in [5.74, 6) is -0.237. The molecule has 134 valence electrons. The standard InChI is InChI=1S/C19H18N2O3S2/c1-10-5-4-6-13(9-10)21-17(22)15-11(2)12(3)25-16(15)20-19(21)26-14-7-8-24-18(14)23/h4-6,9,14H,7-8H2,1-3H3/t14-/m0/s1. The molecule has 0 saturated carbocycles. The molecule has 0 bridgehead atoms. The maximum atomic E-state index is 13.4. The summed E-state index contributed by atoms with van der Waals surface area (Å²) in [6.45, 7) is 6.37. The molecule has 1 fully saturated rings. The molecule has 1 aliphatic rings. The molecular weight excluding hydrogens is 368 g/mol. The van der Waals surface area contributed by atoms with Crippen molar-refractivity contribution in [2.45, 2.75) is 37.6 Å². The lowest BCUT2D eigenvalue weighted by Gasteiger charge is -2.14. The van der Waals surface area contributed by atoms with E-state index in [1.165, 1.54) is 23.1 Å². The maximum absolute atomic E-state index is 13.4. The van der Waals surface area contributed by atoms with Gasteiger partial charge >= 0.3 is 5.97 Å². The summed E-state index contributed by atoms with van der Waals surface area (Å²) in [6.07, 6.45) is 0.633. The lowest BCUT2D eigenvalue weighted by atomic mass is 10.2. The normalized spacial score (nSPS) is 17.0. The summed E-state index contributed by atoms with van der Waals surface area (Å²) in [6, 6.07) is 7.76. The van der Waals surface area contributed by atoms with E-state index in [2.05, 4.69) is 0 Å². The molecule has 5 nitrogen and oxygen atoms in total. The first-order valence-electron chi connectivity index (χ1n) is 8.39. The van der Waals surface area contributed by atoms with Gasteiger partial charge in [-0.05, 0) is 44.0 Å². The van der Waals surface area contributed by atoms with Crippen molar-refractivity contribution in [1.29, 1.82) is 0 Å². The number of hydrogen-bond acceptors (Lipinski definition) is 6. The van der Waals surface area contributed by atoms with Crippen LogP contribution in [0.15, 0.2) is 34.2 Å². The number of rotatable bonds is 3. The molecule has 3 aromatic rings. The molecule has 0 N–H and O–H groups in total. The molecule has 0 radical (unpaired) electrons. The third kappa shape index (κ3) is 2.85. The highest BCUT2D eigenvalue weighted by Crippen LogP contribution is 2.33. The number of thioether (sulfide) groups is 1. The first-order valence-corrected chi connectivity index (χ1v) is 10.1. The fourth-order valence-electron chi connectivity index (χ4n) is 3.06. The summed E-state index contributed by atoms with van der Waals surface area (Å²) in [5, 5.41) is 0.878. The van der Waals surface area contributed by atoms with Crippen molar-refractivity contribution in [3.8, 4) is 5.69 Å². The van der Waals surface area contributed by atoms with Crippen LogP contribution in [-0.4, -0.2) is 27.4 Å². The van der Waals surface area contributed by atoms with E-state index in [0.29, 0.717) is 23.6 Å². The Bertz CT molecular complexity index is 1080. The van der Waals surface area contributed by atoms with Gasteiger partial charge in [0.2, 0.25) is 0 Å². The van der Waals surface area contributed by atoms with Gasteiger partial charge in [0.05, 0.1) is 17.7 Å². The number of carbonyl (C=O) groups is 1. The molecule has 1 atom stereocenters. The SMILES string of the molecule is Cc1cccc(-n2c(S[C@H]3CCOC3=O)nc3sc(C)c(C)c3c2=O)c1. The van der Waals surface area contributed by atoms with Gasteiger partial charge in [0.1, 0.15) is 10.1 Å². The van der Waals surface area contributed by atoms with Gasteiger partial charge < -0.3 is 4.74 Å². The minimum Gasteiger partial charge on any atom is -0.465 e. The Labute approximate surface area is 159 Å². The van der Waals surface area contributed by atoms with Crippen LogP contribution in [0.1, 0.15) is 22.4 Å². The minimum absolute atomic E-state index is 0.0867. The van der Waals surface area contributed by atoms with Crippen LogP contribution >= 0.6 is 23.1 Å². The predicted octanol–water partition coefficient (Wildman–Crippen LogP) is 3.78. The lowest BCUT2D eigenvalue weighted by molar-refractivity contribution is -0.137. The third-order valence-electron chi connectivity index (χ3n) is 4.57. The second-order valence-electron chi connectivity index (χ2n) is 6.40. The number of esters is 1. The second-order valence-corrected chi connectivity index (χ2v) is 8.77. The first-order chi connectivity index (χ1) is 12.5. The molecule has 1 aliphatic heterocycles. The van der Waals surface area contributed by atoms with Crippen molar-refractivity contribution in [1.82, 2.24) is 9.55 Å². The summed E-state index contributed by atoms with van der Waals surface area (Å²) in [5.41, 5.74) is 2.71. The van der Waals surface area contributed by atoms with Crippen LogP contribution in [0.5, 0.6) is 0 Å². The van der Waals surface area contributed by atoms with E-state index < -0.39 is 0 Å². The Balaban J connectivity index is 1.97. The predicted molar refractivity (Wildman–Crippen MR) is 105 cm³/mol. The van der Waals surface area contributed by atoms with Crippen LogP contribution < -0.4 is 5.56 Å². The largest absolute Gasteiger partial charge is 0.465 e. The second kappa shape index (κ2) is 6.55. The summed E-state index contributed by atoms with van der Waals surface area (Å²) in [7, 11) is 0. The van der Waals surface area contributed by atoms with Crippen molar-refractivity contribution in [2.24, 2.45) is 0 Å². The average Bonchev–Trinajstić information content (AvgIpc) is 3.11. The number of nitrogens with zero attached hydrogens (tertiary/aromatic N) is 2. The molecule has 0 amide bonds. The van der Waals surface area contributed by atoms with E-state index in [1.807, 2.05) is 45.0 Å². The van der Waals surface area contributed by atoms with Crippen molar-refractivity contribution in [3.63, 3.8) is 0 Å². The van der Waals surface area contributed by atoms with Crippen molar-refractivity contribution in [2.75, 3.05) is 6.61 Å². The zero-order chi connectivity index (χ0) is 18.4. The molecule has 4 rings (SSSR count). The smallest absolute Gasteiger partial charge is 0.319 e. The minimum atomic E-state index is -0.322. The van der Waals surface area contributed by atoms with Gasteiger partial charge in [0.15, 0.2) is 5.16 Å². The van der Waals surface area contributed by atoms with Gasteiger partial charge in [-0.1, -0.05) is 23.9 Å². The maximum Gasteiger partial charge on any atom is 0.319 e. The van der Waals surface area contributed by atoms with Crippen LogP contribution in [0.25, 0.3) is 15.9 Å². The quantitative estimate of drug-likeness (QED) is 0.506. The highest BCUT2D eigenvalue weighted by Gasteiger charge is 2.30. The molecular formula is C19H18N2O3S2. The zero-order valence-corrected chi connectivity index (χ0v) is 16.4. The molecule has 3 heterocycles. The van der Waals surface area contributed by atoms with Crippen LogP contribution in [0, 0.1) is 20.8 Å². The molecule has 2 aromatic heterocycles. The van der Waals surface area contributed by atoms with Gasteiger partial charge in [0.25, 0.3) is 5.56 Å². The zero-order valence-electron chi connectivity index (χ0n) is 14.7. The monoisotopic (exact) mass is 386 g/mol. The Morgan fingerprint density at radius 3 is 2.77 bits per heavy atom. The van der Waals surface area contributed by atoms with Gasteiger partial charge in [0, 0.05) is 11.3 Å². The number of fused-ring (bicyclic) bond motifs is 1. The fourth-order valence-corrected chi connectivity index (χ4v) is 5.21. The van der Waals surface area contributed by atoms with Gasteiger partial charge in [-0.25, -0.2) is 4.98 Å². The highest BCUT2D eigenvalue weighted by molar-refractivity contribution is 8.00. The van der Waals surface area contributed by atoms with E-state index >= 15 is 0 Å². The molecule has 0 unspecified atom stereocenters. The van der Waals surface area contributed by atoms with Crippen LogP contribution in [0.4, 0.5) is 0 Å². The van der Waals surface area contributed by atoms with Gasteiger partial charge in [-0.2, -0.15) is 0 Å². The van der Waals surface area contributed by atoms with E-state index in [-0.39, 0.29) is 16.8 Å². The number of cyclic esters (lactones) is 1. The number of benzene rings is 1. The number of aryl methyl sites for hydroxylation is 3. The first kappa shape index (κ1) is 17.3. The van der Waals surface area contributed by atoms with Gasteiger partial charge in [-0.3, -0.25) is 14.2 Å². The third-order valence-corrected chi connectivity index (χ3v) is 6.87. The molecule has 0 aliphatic carbocycles. The molecule has 7 heteroatoms. The topological polar surface area (TPSA) is 61.2 Å². The number of aromatic nitrogens is 2. The van der Waals surface area contributed by atoms with Crippen molar-refractivity contribution < 1.29 is 9.53 Å². The highest BCUT2D eigenvalue weighted by atomic mass is 32.2. The molecule has 0 spiro atoms. The summed E-state index contributed by atoms with van der Waals surface area (Å²) in [4.78, 5) is 31.9. The van der Waals surface area contributed by atoms with E-state index in [4.69, 9.17) is 9.72 Å². The average molecular weight is 386 g/mol. The van der Waals surface area contributed by atoms with Crippen LogP contribution in [-0.2, 0) is 9.53 Å². The molecule has 1 saturated heterocycles. The van der Waals surface area contributed by atoms with Crippen LogP contribution in [0.2, 0.25) is 0 Å². The summed E-state index contributed by atoms with van der Waals surface area (Å²) < 4.78 is 6.70. The Kier molecular flexibility index (Phi) is 4.36. The molecule has 26 heavy (non-hydrogen) atoms. The Hall–Kier alpha value is -2.12.